The number of likely N-dealkylation sites (tertiary alicyclic amines) is 1. The molecule has 2 aromatic carbocycles. The highest BCUT2D eigenvalue weighted by Gasteiger charge is 2.36. The summed E-state index contributed by atoms with van der Waals surface area (Å²) in [6.45, 7) is 2.78. The molecule has 2 atom stereocenters. The fourth-order valence-electron chi connectivity index (χ4n) is 3.91. The van der Waals surface area contributed by atoms with Crippen LogP contribution in [0.2, 0.25) is 0 Å². The number of hydrogen-bond acceptors (Lipinski definition) is 4. The summed E-state index contributed by atoms with van der Waals surface area (Å²) in [7, 11) is 3.21. The molecule has 0 aromatic heterocycles. The van der Waals surface area contributed by atoms with Gasteiger partial charge in [0.25, 0.3) is 0 Å². The lowest BCUT2D eigenvalue weighted by Gasteiger charge is -2.40. The van der Waals surface area contributed by atoms with Crippen molar-refractivity contribution < 1.29 is 19.4 Å². The predicted octanol–water partition coefficient (Wildman–Crippen LogP) is 4.80. The van der Waals surface area contributed by atoms with Crippen LogP contribution in [0.4, 0.5) is 0 Å². The Labute approximate surface area is 174 Å². The van der Waals surface area contributed by atoms with Crippen LogP contribution in [0.25, 0.3) is 0 Å². The van der Waals surface area contributed by atoms with E-state index in [1.54, 1.807) is 14.2 Å². The Morgan fingerprint density at radius 2 is 1.79 bits per heavy atom. The van der Waals surface area contributed by atoms with Gasteiger partial charge in [0.15, 0.2) is 11.5 Å². The lowest BCUT2D eigenvalue weighted by atomic mass is 9.91. The lowest BCUT2D eigenvalue weighted by Crippen LogP contribution is -2.46. The Balaban J connectivity index is 2.16. The second-order valence-corrected chi connectivity index (χ2v) is 7.98. The highest BCUT2D eigenvalue weighted by atomic mass is 79.9. The summed E-state index contributed by atoms with van der Waals surface area (Å²) in [5.41, 5.74) is 3.20. The van der Waals surface area contributed by atoms with E-state index in [9.17, 15) is 9.90 Å². The third-order valence-corrected chi connectivity index (χ3v) is 6.04. The molecule has 1 aliphatic heterocycles. The van der Waals surface area contributed by atoms with E-state index in [0.29, 0.717) is 17.9 Å². The molecule has 1 N–H and O–H groups in total. The van der Waals surface area contributed by atoms with Crippen LogP contribution in [0, 0.1) is 6.92 Å². The van der Waals surface area contributed by atoms with Crippen LogP contribution < -0.4 is 9.47 Å². The largest absolute Gasteiger partial charge is 0.493 e. The summed E-state index contributed by atoms with van der Waals surface area (Å²) >= 11 is 3.68. The number of carbonyl (C=O) groups is 1. The van der Waals surface area contributed by atoms with Crippen molar-refractivity contribution in [2.24, 2.45) is 0 Å². The number of carboxylic acid groups (broad SMARTS) is 1. The zero-order chi connectivity index (χ0) is 20.3. The van der Waals surface area contributed by atoms with E-state index in [0.717, 1.165) is 35.0 Å². The van der Waals surface area contributed by atoms with Crippen LogP contribution >= 0.6 is 15.9 Å². The van der Waals surface area contributed by atoms with Crippen LogP contribution in [-0.4, -0.2) is 42.8 Å². The molecule has 1 fully saturated rings. The average Bonchev–Trinajstić information content (AvgIpc) is 2.70. The molecule has 0 radical (unpaired) electrons. The maximum atomic E-state index is 12.0. The third kappa shape index (κ3) is 4.18. The van der Waals surface area contributed by atoms with E-state index in [2.05, 4.69) is 45.1 Å². The highest BCUT2D eigenvalue weighted by Crippen LogP contribution is 2.42. The van der Waals surface area contributed by atoms with E-state index in [4.69, 9.17) is 9.47 Å². The molecule has 2 aromatic rings. The first-order valence-corrected chi connectivity index (χ1v) is 10.2. The third-order valence-electron chi connectivity index (χ3n) is 5.35. The Morgan fingerprint density at radius 1 is 1.14 bits per heavy atom. The van der Waals surface area contributed by atoms with Gasteiger partial charge in [-0.25, -0.2) is 0 Å². The van der Waals surface area contributed by atoms with E-state index < -0.39 is 12.0 Å². The smallest absolute Gasteiger partial charge is 0.320 e. The van der Waals surface area contributed by atoms with Crippen molar-refractivity contribution in [2.45, 2.75) is 38.3 Å². The Bertz CT molecular complexity index is 837. The summed E-state index contributed by atoms with van der Waals surface area (Å²) < 4.78 is 11.8. The molecule has 6 heteroatoms. The number of aryl methyl sites for hydroxylation is 1. The molecule has 1 saturated heterocycles. The molecule has 3 rings (SSSR count). The predicted molar refractivity (Wildman–Crippen MR) is 112 cm³/mol. The van der Waals surface area contributed by atoms with Crippen molar-refractivity contribution in [3.8, 4) is 11.5 Å². The molecule has 28 heavy (non-hydrogen) atoms. The number of nitrogens with zero attached hydrogens (tertiary/aromatic N) is 1. The quantitative estimate of drug-likeness (QED) is 0.688. The number of carboxylic acids is 1. The molecule has 1 heterocycles. The first-order valence-electron chi connectivity index (χ1n) is 9.42. The van der Waals surface area contributed by atoms with Crippen LogP contribution in [0.1, 0.15) is 42.0 Å². The molecule has 1 aliphatic rings. The molecule has 0 amide bonds. The molecule has 0 saturated carbocycles. The van der Waals surface area contributed by atoms with Crippen LogP contribution in [0.5, 0.6) is 11.5 Å². The van der Waals surface area contributed by atoms with Crippen molar-refractivity contribution in [3.63, 3.8) is 0 Å². The summed E-state index contributed by atoms with van der Waals surface area (Å²) in [5, 5.41) is 9.85. The van der Waals surface area contributed by atoms with Gasteiger partial charge in [0.05, 0.1) is 20.3 Å². The zero-order valence-electron chi connectivity index (χ0n) is 16.4. The van der Waals surface area contributed by atoms with Crippen molar-refractivity contribution in [1.29, 1.82) is 0 Å². The minimum atomic E-state index is -0.770. The van der Waals surface area contributed by atoms with Gasteiger partial charge in [-0.2, -0.15) is 0 Å². The Hall–Kier alpha value is -2.05. The average molecular weight is 448 g/mol. The molecule has 0 bridgehead atoms. The minimum absolute atomic E-state index is 0.198. The maximum absolute atomic E-state index is 12.0. The van der Waals surface area contributed by atoms with Gasteiger partial charge in [-0.3, -0.25) is 9.69 Å². The number of methoxy groups -OCH3 is 2. The van der Waals surface area contributed by atoms with Crippen LogP contribution in [0.15, 0.2) is 40.9 Å². The van der Waals surface area contributed by atoms with Crippen LogP contribution in [0.3, 0.4) is 0 Å². The lowest BCUT2D eigenvalue weighted by molar-refractivity contribution is -0.145. The van der Waals surface area contributed by atoms with Gasteiger partial charge in [-0.05, 0) is 49.6 Å². The summed E-state index contributed by atoms with van der Waals surface area (Å²) in [6.07, 6.45) is 2.57. The summed E-state index contributed by atoms with van der Waals surface area (Å²) in [5.74, 6) is 0.490. The second-order valence-electron chi connectivity index (χ2n) is 7.13. The van der Waals surface area contributed by atoms with Crippen molar-refractivity contribution in [3.05, 3.63) is 57.6 Å². The standard InChI is InChI=1S/C22H26BrNO4/c1-14-7-9-15(10-8-14)21(24-11-5-4-6-18(24)22(25)26)16-12-19(27-2)20(28-3)13-17(16)23/h7-10,12-13,18,21H,4-6,11H2,1-3H3,(H,25,26). The van der Waals surface area contributed by atoms with Crippen LogP contribution in [-0.2, 0) is 4.79 Å². The van der Waals surface area contributed by atoms with E-state index in [-0.39, 0.29) is 6.04 Å². The van der Waals surface area contributed by atoms with Gasteiger partial charge in [-0.1, -0.05) is 52.2 Å². The highest BCUT2D eigenvalue weighted by molar-refractivity contribution is 9.10. The van der Waals surface area contributed by atoms with E-state index in [1.807, 2.05) is 19.1 Å². The van der Waals surface area contributed by atoms with Gasteiger partial charge >= 0.3 is 5.97 Å². The van der Waals surface area contributed by atoms with E-state index >= 15 is 0 Å². The van der Waals surface area contributed by atoms with E-state index in [1.165, 1.54) is 5.56 Å². The Kier molecular flexibility index (Phi) is 6.62. The second kappa shape index (κ2) is 8.97. The fraction of sp³-hybridized carbons (Fsp3) is 0.409. The Morgan fingerprint density at radius 3 is 2.39 bits per heavy atom. The summed E-state index contributed by atoms with van der Waals surface area (Å²) in [6, 6.07) is 11.4. The molecule has 2 unspecified atom stereocenters. The van der Waals surface area contributed by atoms with Gasteiger partial charge in [-0.15, -0.1) is 0 Å². The van der Waals surface area contributed by atoms with Gasteiger partial charge in [0.2, 0.25) is 0 Å². The van der Waals surface area contributed by atoms with Crippen molar-refractivity contribution in [1.82, 2.24) is 4.90 Å². The topological polar surface area (TPSA) is 59.0 Å². The SMILES string of the molecule is COc1cc(Br)c(C(c2ccc(C)cc2)N2CCCCC2C(=O)O)cc1OC. The number of ether oxygens (including phenoxy) is 2. The number of hydrogen-bond donors (Lipinski definition) is 1. The maximum Gasteiger partial charge on any atom is 0.320 e. The summed E-state index contributed by atoms with van der Waals surface area (Å²) in [4.78, 5) is 14.1. The monoisotopic (exact) mass is 447 g/mol. The molecule has 0 spiro atoms. The fourth-order valence-corrected chi connectivity index (χ4v) is 4.45. The van der Waals surface area contributed by atoms with Crippen molar-refractivity contribution in [2.75, 3.05) is 20.8 Å². The number of rotatable bonds is 6. The number of piperidine rings is 1. The molecule has 0 aliphatic carbocycles. The minimum Gasteiger partial charge on any atom is -0.493 e. The molecule has 5 nitrogen and oxygen atoms in total. The zero-order valence-corrected chi connectivity index (χ0v) is 18.0. The normalized spacial score (nSPS) is 18.5. The molecule has 150 valence electrons. The number of halogens is 1. The molecular formula is C22H26BrNO4. The van der Waals surface area contributed by atoms with Gasteiger partial charge < -0.3 is 14.6 Å². The molecular weight excluding hydrogens is 422 g/mol. The first-order chi connectivity index (χ1) is 13.5. The van der Waals surface area contributed by atoms with Gasteiger partial charge in [0, 0.05) is 4.47 Å². The number of aliphatic carboxylic acids is 1. The first kappa shape index (κ1) is 20.7. The van der Waals surface area contributed by atoms with Crippen molar-refractivity contribution >= 4 is 21.9 Å². The van der Waals surface area contributed by atoms with Gasteiger partial charge in [0.1, 0.15) is 6.04 Å². The number of benzene rings is 2.